The number of thioether (sulfide) groups is 1. The average molecular weight is 248 g/mol. The van der Waals surface area contributed by atoms with Crippen molar-refractivity contribution < 1.29 is 9.59 Å². The molecule has 0 unspecified atom stereocenters. The minimum atomic E-state index is -0.223. The van der Waals surface area contributed by atoms with Crippen LogP contribution >= 0.6 is 11.8 Å². The molecule has 17 heavy (non-hydrogen) atoms. The lowest BCUT2D eigenvalue weighted by Crippen LogP contribution is -2.34. The fraction of sp³-hybridized carbons (Fsp3) is 0.250. The topological polar surface area (TPSA) is 50.3 Å². The van der Waals surface area contributed by atoms with Crippen molar-refractivity contribution in [3.8, 4) is 0 Å². The first-order valence-electron chi connectivity index (χ1n) is 5.26. The SMILES string of the molecule is CC(C)N1C(=O)SC(=Cc2cccnc2)C1=O. The molecule has 0 bridgehead atoms. The number of nitrogens with zero attached hydrogens (tertiary/aromatic N) is 2. The smallest absolute Gasteiger partial charge is 0.268 e. The van der Waals surface area contributed by atoms with Gasteiger partial charge in [0, 0.05) is 18.4 Å². The lowest BCUT2D eigenvalue weighted by atomic mass is 10.2. The van der Waals surface area contributed by atoms with Crippen LogP contribution in [-0.4, -0.2) is 27.1 Å². The van der Waals surface area contributed by atoms with Crippen molar-refractivity contribution in [2.75, 3.05) is 0 Å². The summed E-state index contributed by atoms with van der Waals surface area (Å²) >= 11 is 0.976. The number of aromatic nitrogens is 1. The molecule has 2 amide bonds. The Kier molecular flexibility index (Phi) is 3.28. The van der Waals surface area contributed by atoms with Gasteiger partial charge in [-0.15, -0.1) is 0 Å². The van der Waals surface area contributed by atoms with Crippen LogP contribution in [0, 0.1) is 0 Å². The summed E-state index contributed by atoms with van der Waals surface area (Å²) in [4.78, 5) is 29.3. The maximum atomic E-state index is 12.0. The highest BCUT2D eigenvalue weighted by molar-refractivity contribution is 8.18. The lowest BCUT2D eigenvalue weighted by molar-refractivity contribution is -0.123. The Hall–Kier alpha value is -1.62. The van der Waals surface area contributed by atoms with Crippen LogP contribution in [0.4, 0.5) is 4.79 Å². The van der Waals surface area contributed by atoms with E-state index in [0.29, 0.717) is 4.91 Å². The van der Waals surface area contributed by atoms with Crippen molar-refractivity contribution in [1.29, 1.82) is 0 Å². The van der Waals surface area contributed by atoms with Gasteiger partial charge in [0.1, 0.15) is 0 Å². The van der Waals surface area contributed by atoms with Gasteiger partial charge in [-0.2, -0.15) is 0 Å². The Labute approximate surface area is 104 Å². The molecule has 88 valence electrons. The Bertz CT molecular complexity index is 483. The van der Waals surface area contributed by atoms with Gasteiger partial charge in [-0.25, -0.2) is 0 Å². The molecule has 1 aromatic rings. The van der Waals surface area contributed by atoms with Crippen molar-refractivity contribution in [1.82, 2.24) is 9.88 Å². The van der Waals surface area contributed by atoms with Gasteiger partial charge >= 0.3 is 0 Å². The molecule has 1 aromatic heterocycles. The van der Waals surface area contributed by atoms with Gasteiger partial charge < -0.3 is 0 Å². The molecular weight excluding hydrogens is 236 g/mol. The van der Waals surface area contributed by atoms with Gasteiger partial charge in [0.15, 0.2) is 0 Å². The first-order valence-corrected chi connectivity index (χ1v) is 6.08. The Morgan fingerprint density at radius 1 is 1.41 bits per heavy atom. The molecule has 0 N–H and O–H groups in total. The number of hydrogen-bond acceptors (Lipinski definition) is 4. The van der Waals surface area contributed by atoms with Gasteiger partial charge in [0.25, 0.3) is 11.1 Å². The van der Waals surface area contributed by atoms with Crippen LogP contribution in [0.5, 0.6) is 0 Å². The molecule has 0 radical (unpaired) electrons. The highest BCUT2D eigenvalue weighted by Gasteiger charge is 2.36. The molecule has 0 atom stereocenters. The zero-order valence-electron chi connectivity index (χ0n) is 9.58. The number of hydrogen-bond donors (Lipinski definition) is 0. The van der Waals surface area contributed by atoms with Crippen LogP contribution in [0.25, 0.3) is 6.08 Å². The van der Waals surface area contributed by atoms with Gasteiger partial charge in [-0.3, -0.25) is 19.5 Å². The number of pyridine rings is 1. The van der Waals surface area contributed by atoms with E-state index in [9.17, 15) is 9.59 Å². The van der Waals surface area contributed by atoms with Crippen LogP contribution in [0.15, 0.2) is 29.4 Å². The van der Waals surface area contributed by atoms with E-state index in [4.69, 9.17) is 0 Å². The van der Waals surface area contributed by atoms with E-state index >= 15 is 0 Å². The standard InChI is InChI=1S/C12H12N2O2S/c1-8(2)14-11(15)10(17-12(14)16)6-9-4-3-5-13-7-9/h3-8H,1-2H3. The molecule has 0 spiro atoms. The third-order valence-corrected chi connectivity index (χ3v) is 3.21. The van der Waals surface area contributed by atoms with Crippen LogP contribution in [0.1, 0.15) is 19.4 Å². The van der Waals surface area contributed by atoms with Gasteiger partial charge in [0.05, 0.1) is 4.91 Å². The van der Waals surface area contributed by atoms with E-state index < -0.39 is 0 Å². The fourth-order valence-electron chi connectivity index (χ4n) is 1.54. The minimum Gasteiger partial charge on any atom is -0.268 e. The lowest BCUT2D eigenvalue weighted by Gasteiger charge is -2.16. The second-order valence-electron chi connectivity index (χ2n) is 3.93. The Morgan fingerprint density at radius 3 is 2.71 bits per heavy atom. The molecule has 1 aliphatic heterocycles. The summed E-state index contributed by atoms with van der Waals surface area (Å²) in [5.41, 5.74) is 0.821. The normalized spacial score (nSPS) is 18.5. The van der Waals surface area contributed by atoms with Gasteiger partial charge in [-0.1, -0.05) is 6.07 Å². The number of amides is 2. The quantitative estimate of drug-likeness (QED) is 0.755. The average Bonchev–Trinajstić information content (AvgIpc) is 2.55. The summed E-state index contributed by atoms with van der Waals surface area (Å²) in [6.07, 6.45) is 5.01. The Morgan fingerprint density at radius 2 is 2.18 bits per heavy atom. The monoisotopic (exact) mass is 248 g/mol. The summed E-state index contributed by atoms with van der Waals surface area (Å²) in [7, 11) is 0. The van der Waals surface area contributed by atoms with Gasteiger partial charge in [-0.05, 0) is 43.3 Å². The van der Waals surface area contributed by atoms with E-state index in [1.807, 2.05) is 19.9 Å². The van der Waals surface area contributed by atoms with Crippen molar-refractivity contribution in [2.24, 2.45) is 0 Å². The molecule has 2 heterocycles. The second kappa shape index (κ2) is 4.71. The largest absolute Gasteiger partial charge is 0.293 e. The fourth-order valence-corrected chi connectivity index (χ4v) is 2.50. The zero-order valence-corrected chi connectivity index (χ0v) is 10.4. The summed E-state index contributed by atoms with van der Waals surface area (Å²) in [5, 5.41) is -0.208. The summed E-state index contributed by atoms with van der Waals surface area (Å²) < 4.78 is 0. The van der Waals surface area contributed by atoms with E-state index in [1.165, 1.54) is 4.90 Å². The highest BCUT2D eigenvalue weighted by atomic mass is 32.2. The van der Waals surface area contributed by atoms with Crippen molar-refractivity contribution >= 4 is 29.0 Å². The predicted octanol–water partition coefficient (Wildman–Crippen LogP) is 2.53. The molecule has 0 saturated carbocycles. The van der Waals surface area contributed by atoms with E-state index in [0.717, 1.165) is 17.3 Å². The maximum Gasteiger partial charge on any atom is 0.293 e. The molecule has 1 saturated heterocycles. The van der Waals surface area contributed by atoms with Crippen molar-refractivity contribution in [3.05, 3.63) is 35.0 Å². The van der Waals surface area contributed by atoms with Crippen molar-refractivity contribution in [3.63, 3.8) is 0 Å². The third kappa shape index (κ3) is 2.39. The molecule has 5 heteroatoms. The predicted molar refractivity (Wildman–Crippen MR) is 67.2 cm³/mol. The maximum absolute atomic E-state index is 12.0. The number of rotatable bonds is 2. The molecular formula is C12H12N2O2S. The van der Waals surface area contributed by atoms with Crippen LogP contribution in [0.2, 0.25) is 0 Å². The molecule has 2 rings (SSSR count). The molecule has 1 aliphatic rings. The van der Waals surface area contributed by atoms with Crippen molar-refractivity contribution in [2.45, 2.75) is 19.9 Å². The second-order valence-corrected chi connectivity index (χ2v) is 4.93. The minimum absolute atomic E-state index is 0.109. The molecule has 1 fully saturated rings. The molecule has 0 aromatic carbocycles. The highest BCUT2D eigenvalue weighted by Crippen LogP contribution is 2.33. The van der Waals surface area contributed by atoms with Crippen LogP contribution in [0.3, 0.4) is 0 Å². The number of carbonyl (C=O) groups is 2. The van der Waals surface area contributed by atoms with E-state index in [-0.39, 0.29) is 17.2 Å². The first-order chi connectivity index (χ1) is 8.09. The van der Waals surface area contributed by atoms with E-state index in [2.05, 4.69) is 4.98 Å². The van der Waals surface area contributed by atoms with E-state index in [1.54, 1.807) is 24.5 Å². The van der Waals surface area contributed by atoms with Crippen LogP contribution < -0.4 is 0 Å². The number of imide groups is 1. The van der Waals surface area contributed by atoms with Gasteiger partial charge in [0.2, 0.25) is 0 Å². The molecule has 0 aliphatic carbocycles. The zero-order chi connectivity index (χ0) is 12.4. The number of carbonyl (C=O) groups excluding carboxylic acids is 2. The summed E-state index contributed by atoms with van der Waals surface area (Å²) in [5.74, 6) is -0.223. The Balaban J connectivity index is 2.28. The third-order valence-electron chi connectivity index (χ3n) is 2.32. The van der Waals surface area contributed by atoms with Crippen LogP contribution in [-0.2, 0) is 4.79 Å². The summed E-state index contributed by atoms with van der Waals surface area (Å²) in [6, 6.07) is 3.52. The summed E-state index contributed by atoms with van der Waals surface area (Å²) in [6.45, 7) is 3.65. The first kappa shape index (κ1) is 11.9. The molecule has 4 nitrogen and oxygen atoms in total.